The topological polar surface area (TPSA) is 148 Å². The van der Waals surface area contributed by atoms with Crippen molar-refractivity contribution in [1.29, 1.82) is 0 Å². The zero-order valence-electron chi connectivity index (χ0n) is 29.4. The number of hydrogen-bond acceptors (Lipinski definition) is 16. The number of methoxy groups -OCH3 is 12. The summed E-state index contributed by atoms with van der Waals surface area (Å²) in [5, 5.41) is 0. The summed E-state index contributed by atoms with van der Waals surface area (Å²) in [5.74, 6) is 0. The van der Waals surface area contributed by atoms with Gasteiger partial charge in [-0.15, -0.1) is 0 Å². The molecule has 2 heterocycles. The largest absolute Gasteiger partial charge is 0.382 e. The van der Waals surface area contributed by atoms with Crippen LogP contribution in [0, 0.1) is 0 Å². The highest BCUT2D eigenvalue weighted by atomic mass is 16.8. The molecule has 46 heavy (non-hydrogen) atoms. The van der Waals surface area contributed by atoms with E-state index in [1.807, 2.05) is 0 Å². The maximum absolute atomic E-state index is 6.43. The SMILES string of the molecule is COC[C@H](OC)[C@@H](OC)[C@H](OC)[C@@H](CO[C@@H]1O[C@H](CO[C@@H]2O[C@H](COC)[C@@H](OC)[C@H](OC)[C@H]2OC)[C@@H](OC)[C@H](OC)[C@H]1OC)OC. The maximum Gasteiger partial charge on any atom is 0.187 e. The van der Waals surface area contributed by atoms with Crippen molar-refractivity contribution in [1.82, 2.24) is 0 Å². The molecule has 2 aliphatic rings. The van der Waals surface area contributed by atoms with Gasteiger partial charge in [-0.2, -0.15) is 0 Å². The smallest absolute Gasteiger partial charge is 0.187 e. The van der Waals surface area contributed by atoms with Crippen molar-refractivity contribution in [2.75, 3.05) is 112 Å². The minimum Gasteiger partial charge on any atom is -0.382 e. The van der Waals surface area contributed by atoms with E-state index in [0.717, 1.165) is 0 Å². The molecule has 0 aromatic rings. The molecule has 14 atom stereocenters. The Labute approximate surface area is 273 Å². The van der Waals surface area contributed by atoms with Gasteiger partial charge in [0.05, 0.1) is 26.4 Å². The van der Waals surface area contributed by atoms with E-state index in [2.05, 4.69) is 0 Å². The van der Waals surface area contributed by atoms with Gasteiger partial charge in [0.1, 0.15) is 73.2 Å². The fraction of sp³-hybridized carbons (Fsp3) is 1.00. The summed E-state index contributed by atoms with van der Waals surface area (Å²) in [6.07, 6.45) is -8.36. The van der Waals surface area contributed by atoms with Crippen molar-refractivity contribution in [2.24, 2.45) is 0 Å². The fourth-order valence-corrected chi connectivity index (χ4v) is 6.19. The Kier molecular flexibility index (Phi) is 20.0. The third-order valence-electron chi connectivity index (χ3n) is 8.53. The van der Waals surface area contributed by atoms with Gasteiger partial charge in [0, 0.05) is 85.3 Å². The van der Waals surface area contributed by atoms with E-state index >= 15 is 0 Å². The monoisotopic (exact) mass is 674 g/mol. The van der Waals surface area contributed by atoms with Gasteiger partial charge in [-0.25, -0.2) is 0 Å². The molecule has 0 saturated carbocycles. The van der Waals surface area contributed by atoms with Gasteiger partial charge >= 0.3 is 0 Å². The summed E-state index contributed by atoms with van der Waals surface area (Å²) in [4.78, 5) is 0. The highest BCUT2D eigenvalue weighted by Gasteiger charge is 2.51. The fourth-order valence-electron chi connectivity index (χ4n) is 6.19. The number of ether oxygens (including phenoxy) is 16. The number of rotatable bonds is 23. The predicted octanol–water partition coefficient (Wildman–Crippen LogP) is -0.0878. The summed E-state index contributed by atoms with van der Waals surface area (Å²) in [7, 11) is 18.9. The maximum atomic E-state index is 6.43. The molecular weight excluding hydrogens is 616 g/mol. The molecule has 0 aliphatic carbocycles. The third-order valence-corrected chi connectivity index (χ3v) is 8.53. The zero-order valence-corrected chi connectivity index (χ0v) is 29.4. The molecule has 0 aromatic heterocycles. The first-order valence-electron chi connectivity index (χ1n) is 15.1. The van der Waals surface area contributed by atoms with E-state index in [1.54, 1.807) is 85.3 Å². The standard InChI is InChI=1S/C30H58O16/c1-31-13-17(33-3)21(35-5)22(36-6)18(34-4)15-43-29-28(42-12)26(40-10)24(38-8)20(46-29)16-44-30-27(41-11)25(39-9)23(37-7)19(45-30)14-32-2/h17-30H,13-16H2,1-12H3/t17-,18+,19+,20+,21+,22+,23+,24+,25-,26-,27+,28+,29+,30+/m0/s1. The summed E-state index contributed by atoms with van der Waals surface area (Å²) in [5.41, 5.74) is 0. The normalized spacial score (nSPS) is 34.7. The van der Waals surface area contributed by atoms with Crippen molar-refractivity contribution in [2.45, 2.75) is 85.8 Å². The van der Waals surface area contributed by atoms with Gasteiger partial charge in [-0.1, -0.05) is 0 Å². The minimum atomic E-state index is -0.903. The zero-order chi connectivity index (χ0) is 34.2. The Bertz CT molecular complexity index is 781. The molecule has 0 spiro atoms. The Morgan fingerprint density at radius 3 is 1.20 bits per heavy atom. The van der Waals surface area contributed by atoms with E-state index in [4.69, 9.17) is 75.8 Å². The average molecular weight is 675 g/mol. The van der Waals surface area contributed by atoms with Gasteiger partial charge < -0.3 is 75.8 Å². The molecule has 0 unspecified atom stereocenters. The van der Waals surface area contributed by atoms with E-state index in [9.17, 15) is 0 Å². The van der Waals surface area contributed by atoms with Crippen LogP contribution in [0.15, 0.2) is 0 Å². The molecule has 0 aromatic carbocycles. The lowest BCUT2D eigenvalue weighted by atomic mass is 9.97. The molecule has 2 rings (SSSR count). The second kappa shape index (κ2) is 22.2. The lowest BCUT2D eigenvalue weighted by Gasteiger charge is -2.47. The van der Waals surface area contributed by atoms with E-state index in [-0.39, 0.29) is 26.4 Å². The Morgan fingerprint density at radius 2 is 0.826 bits per heavy atom. The number of hydrogen-bond donors (Lipinski definition) is 0. The Balaban J connectivity index is 2.26. The van der Waals surface area contributed by atoms with Gasteiger partial charge in [-0.3, -0.25) is 0 Å². The minimum absolute atomic E-state index is 0.0274. The van der Waals surface area contributed by atoms with Gasteiger partial charge in [0.2, 0.25) is 0 Å². The van der Waals surface area contributed by atoms with Gasteiger partial charge in [-0.05, 0) is 0 Å². The van der Waals surface area contributed by atoms with Gasteiger partial charge in [0.15, 0.2) is 12.6 Å². The molecule has 2 fully saturated rings. The third kappa shape index (κ3) is 10.2. The molecule has 0 bridgehead atoms. The lowest BCUT2D eigenvalue weighted by Crippen LogP contribution is -2.63. The van der Waals surface area contributed by atoms with Crippen LogP contribution in [-0.2, 0) is 75.8 Å². The summed E-state index contributed by atoms with van der Waals surface area (Å²) >= 11 is 0. The first kappa shape index (κ1) is 41.5. The summed E-state index contributed by atoms with van der Waals surface area (Å²) in [6.45, 7) is 0.627. The van der Waals surface area contributed by atoms with Crippen molar-refractivity contribution >= 4 is 0 Å². The highest BCUT2D eigenvalue weighted by Crippen LogP contribution is 2.32. The van der Waals surface area contributed by atoms with Crippen LogP contribution in [0.5, 0.6) is 0 Å². The summed E-state index contributed by atoms with van der Waals surface area (Å²) in [6, 6.07) is 0. The molecule has 2 aliphatic heterocycles. The Hall–Kier alpha value is -0.640. The summed E-state index contributed by atoms with van der Waals surface area (Å²) < 4.78 is 93.6. The van der Waals surface area contributed by atoms with E-state index < -0.39 is 85.8 Å². The molecule has 2 saturated heterocycles. The second-order valence-corrected chi connectivity index (χ2v) is 10.8. The van der Waals surface area contributed by atoms with Crippen LogP contribution < -0.4 is 0 Å². The second-order valence-electron chi connectivity index (χ2n) is 10.8. The Morgan fingerprint density at radius 1 is 0.413 bits per heavy atom. The predicted molar refractivity (Wildman–Crippen MR) is 161 cm³/mol. The highest BCUT2D eigenvalue weighted by molar-refractivity contribution is 4.95. The van der Waals surface area contributed by atoms with E-state index in [1.165, 1.54) is 0 Å². The van der Waals surface area contributed by atoms with E-state index in [0.29, 0.717) is 0 Å². The van der Waals surface area contributed by atoms with Crippen LogP contribution in [0.3, 0.4) is 0 Å². The van der Waals surface area contributed by atoms with Crippen molar-refractivity contribution in [3.63, 3.8) is 0 Å². The molecule has 0 amide bonds. The van der Waals surface area contributed by atoms with Gasteiger partial charge in [0.25, 0.3) is 0 Å². The molecule has 274 valence electrons. The van der Waals surface area contributed by atoms with Crippen molar-refractivity contribution < 1.29 is 75.8 Å². The van der Waals surface area contributed by atoms with Crippen molar-refractivity contribution in [3.05, 3.63) is 0 Å². The van der Waals surface area contributed by atoms with Crippen LogP contribution >= 0.6 is 0 Å². The van der Waals surface area contributed by atoms with Crippen molar-refractivity contribution in [3.8, 4) is 0 Å². The van der Waals surface area contributed by atoms with Crippen LogP contribution in [0.2, 0.25) is 0 Å². The molecule has 16 heteroatoms. The average Bonchev–Trinajstić information content (AvgIpc) is 3.08. The molecule has 0 radical (unpaired) electrons. The first-order valence-corrected chi connectivity index (χ1v) is 15.1. The first-order chi connectivity index (χ1) is 22.3. The van der Waals surface area contributed by atoms with Crippen LogP contribution in [-0.4, -0.2) is 198 Å². The van der Waals surface area contributed by atoms with Crippen LogP contribution in [0.4, 0.5) is 0 Å². The quantitative estimate of drug-likeness (QED) is 0.142. The lowest BCUT2D eigenvalue weighted by molar-refractivity contribution is -0.343. The van der Waals surface area contributed by atoms with Crippen LogP contribution in [0.1, 0.15) is 0 Å². The van der Waals surface area contributed by atoms with Crippen LogP contribution in [0.25, 0.3) is 0 Å². The molecule has 16 nitrogen and oxygen atoms in total. The molecule has 0 N–H and O–H groups in total. The molecular formula is C30H58O16.